The van der Waals surface area contributed by atoms with Crippen molar-refractivity contribution in [1.82, 2.24) is 14.9 Å². The van der Waals surface area contributed by atoms with Gasteiger partial charge in [-0.3, -0.25) is 0 Å². The van der Waals surface area contributed by atoms with E-state index in [1.165, 1.54) is 19.4 Å². The second-order valence-electron chi connectivity index (χ2n) is 5.75. The maximum atomic E-state index is 13.4. The summed E-state index contributed by atoms with van der Waals surface area (Å²) in [4.78, 5) is 3.67. The van der Waals surface area contributed by atoms with Gasteiger partial charge in [-0.1, -0.05) is 24.1 Å². The van der Waals surface area contributed by atoms with Crippen molar-refractivity contribution in [2.75, 3.05) is 13.2 Å². The number of para-hydroxylation sites is 1. The van der Waals surface area contributed by atoms with Crippen LogP contribution in [0.4, 0.5) is 13.2 Å². The van der Waals surface area contributed by atoms with E-state index in [0.717, 1.165) is 10.1 Å². The van der Waals surface area contributed by atoms with Crippen molar-refractivity contribution in [3.63, 3.8) is 0 Å². The summed E-state index contributed by atoms with van der Waals surface area (Å²) in [6.45, 7) is 0.297. The van der Waals surface area contributed by atoms with Crippen molar-refractivity contribution in [2.24, 2.45) is 7.05 Å². The molecule has 0 bridgehead atoms. The number of terminal acetylenes is 1. The number of alkyl halides is 3. The lowest BCUT2D eigenvalue weighted by atomic mass is 9.97. The van der Waals surface area contributed by atoms with E-state index in [9.17, 15) is 18.3 Å². The van der Waals surface area contributed by atoms with Gasteiger partial charge in [-0.05, 0) is 12.6 Å². The van der Waals surface area contributed by atoms with Crippen LogP contribution in [0.2, 0.25) is 0 Å². The number of aromatic nitrogens is 2. The van der Waals surface area contributed by atoms with Crippen LogP contribution in [0.5, 0.6) is 5.75 Å². The molecule has 0 fully saturated rings. The highest BCUT2D eigenvalue weighted by atomic mass is 19.4. The van der Waals surface area contributed by atoms with Crippen LogP contribution in [0.1, 0.15) is 17.8 Å². The number of hydrogen-bond acceptors (Lipinski definition) is 4. The Morgan fingerprint density at radius 1 is 1.35 bits per heavy atom. The molecule has 0 aliphatic heterocycles. The summed E-state index contributed by atoms with van der Waals surface area (Å²) in [6.07, 6.45) is 2.32. The van der Waals surface area contributed by atoms with E-state index in [0.29, 0.717) is 5.75 Å². The summed E-state index contributed by atoms with van der Waals surface area (Å²) < 4.78 is 46.9. The number of nitrogens with zero attached hydrogens (tertiary/aromatic N) is 2. The third kappa shape index (κ3) is 4.36. The lowest BCUT2D eigenvalue weighted by Gasteiger charge is -2.30. The molecule has 0 aliphatic carbocycles. The Bertz CT molecular complexity index is 768. The fourth-order valence-corrected chi connectivity index (χ4v) is 2.55. The molecule has 140 valence electrons. The summed E-state index contributed by atoms with van der Waals surface area (Å²) in [5, 5.41) is 13.2. The average Bonchev–Trinajstić information content (AvgIpc) is 3.03. The van der Waals surface area contributed by atoms with Gasteiger partial charge >= 0.3 is 6.18 Å². The number of rotatable bonds is 8. The lowest BCUT2D eigenvalue weighted by molar-refractivity contribution is -0.272. The summed E-state index contributed by atoms with van der Waals surface area (Å²) in [5.41, 5.74) is -2.27. The molecule has 0 spiro atoms. The molecule has 0 saturated heterocycles. The SMILES string of the molecule is C#CCOc1ccccc1CNCCC(O)(c1nccn1C)C(F)(F)F. The molecule has 0 radical (unpaired) electrons. The molecule has 0 amide bonds. The van der Waals surface area contributed by atoms with Gasteiger partial charge < -0.3 is 19.7 Å². The van der Waals surface area contributed by atoms with Crippen molar-refractivity contribution in [1.29, 1.82) is 0 Å². The molecular formula is C18H20F3N3O2. The van der Waals surface area contributed by atoms with Crippen LogP contribution >= 0.6 is 0 Å². The van der Waals surface area contributed by atoms with Crippen molar-refractivity contribution in [3.8, 4) is 18.1 Å². The Morgan fingerprint density at radius 2 is 2.08 bits per heavy atom. The van der Waals surface area contributed by atoms with Crippen LogP contribution in [-0.4, -0.2) is 34.0 Å². The number of aryl methyl sites for hydroxylation is 1. The first-order chi connectivity index (χ1) is 12.3. The van der Waals surface area contributed by atoms with Gasteiger partial charge in [0, 0.05) is 38.0 Å². The predicted octanol–water partition coefficient (Wildman–Crippen LogP) is 2.36. The Labute approximate surface area is 149 Å². The largest absolute Gasteiger partial charge is 0.481 e. The molecule has 5 nitrogen and oxygen atoms in total. The molecule has 1 aromatic carbocycles. The third-order valence-corrected chi connectivity index (χ3v) is 3.92. The van der Waals surface area contributed by atoms with Crippen LogP contribution < -0.4 is 10.1 Å². The van der Waals surface area contributed by atoms with Gasteiger partial charge in [-0.2, -0.15) is 13.2 Å². The summed E-state index contributed by atoms with van der Waals surface area (Å²) in [6, 6.07) is 7.08. The number of halogens is 3. The fourth-order valence-electron chi connectivity index (χ4n) is 2.55. The normalized spacial score (nSPS) is 13.8. The van der Waals surface area contributed by atoms with E-state index in [1.54, 1.807) is 24.3 Å². The molecule has 0 aliphatic rings. The molecule has 26 heavy (non-hydrogen) atoms. The molecule has 1 atom stereocenters. The lowest BCUT2D eigenvalue weighted by Crippen LogP contribution is -2.46. The summed E-state index contributed by atoms with van der Waals surface area (Å²) in [5.74, 6) is 2.48. The minimum atomic E-state index is -4.85. The Hall–Kier alpha value is -2.50. The molecule has 0 saturated carbocycles. The van der Waals surface area contributed by atoms with Gasteiger partial charge in [0.1, 0.15) is 18.2 Å². The molecule has 1 aromatic heterocycles. The van der Waals surface area contributed by atoms with Crippen molar-refractivity contribution in [3.05, 3.63) is 48.0 Å². The monoisotopic (exact) mass is 367 g/mol. The van der Waals surface area contributed by atoms with Crippen LogP contribution in [0, 0.1) is 12.3 Å². The zero-order valence-corrected chi connectivity index (χ0v) is 14.3. The minimum absolute atomic E-state index is 0.0770. The topological polar surface area (TPSA) is 59.3 Å². The highest BCUT2D eigenvalue weighted by Gasteiger charge is 2.56. The van der Waals surface area contributed by atoms with E-state index < -0.39 is 24.0 Å². The summed E-state index contributed by atoms with van der Waals surface area (Å²) in [7, 11) is 1.41. The van der Waals surface area contributed by atoms with Crippen molar-refractivity contribution < 1.29 is 23.0 Å². The van der Waals surface area contributed by atoms with E-state index in [4.69, 9.17) is 11.2 Å². The molecular weight excluding hydrogens is 347 g/mol. The number of ether oxygens (including phenoxy) is 1. The third-order valence-electron chi connectivity index (χ3n) is 3.92. The van der Waals surface area contributed by atoms with Crippen molar-refractivity contribution in [2.45, 2.75) is 24.7 Å². The number of benzene rings is 1. The van der Waals surface area contributed by atoms with Gasteiger partial charge in [0.05, 0.1) is 0 Å². The van der Waals surface area contributed by atoms with Gasteiger partial charge in [0.15, 0.2) is 0 Å². The second-order valence-corrected chi connectivity index (χ2v) is 5.75. The minimum Gasteiger partial charge on any atom is -0.481 e. The van der Waals surface area contributed by atoms with E-state index in [2.05, 4.69) is 16.2 Å². The maximum absolute atomic E-state index is 13.4. The standard InChI is InChI=1S/C18H20F3N3O2/c1-3-12-26-15-7-5-4-6-14(15)13-22-9-8-17(25,18(19,20)21)16-23-10-11-24(16)2/h1,4-7,10-11,22,25H,8-9,12-13H2,2H3. The Morgan fingerprint density at radius 3 is 2.69 bits per heavy atom. The first-order valence-electron chi connectivity index (χ1n) is 7.91. The number of nitrogens with one attached hydrogen (secondary N) is 1. The van der Waals surface area contributed by atoms with Crippen LogP contribution in [0.25, 0.3) is 0 Å². The average molecular weight is 367 g/mol. The molecule has 8 heteroatoms. The van der Waals surface area contributed by atoms with Gasteiger partial charge in [-0.25, -0.2) is 4.98 Å². The Balaban J connectivity index is 2.02. The van der Waals surface area contributed by atoms with E-state index in [-0.39, 0.29) is 19.7 Å². The van der Waals surface area contributed by atoms with Gasteiger partial charge in [-0.15, -0.1) is 6.42 Å². The second kappa shape index (κ2) is 8.25. The summed E-state index contributed by atoms with van der Waals surface area (Å²) >= 11 is 0. The molecule has 1 heterocycles. The quantitative estimate of drug-likeness (QED) is 0.556. The molecule has 1 unspecified atom stereocenters. The highest BCUT2D eigenvalue weighted by Crippen LogP contribution is 2.40. The fraction of sp³-hybridized carbons (Fsp3) is 0.389. The number of aliphatic hydroxyl groups is 1. The highest BCUT2D eigenvalue weighted by molar-refractivity contribution is 5.33. The van der Waals surface area contributed by atoms with Crippen molar-refractivity contribution >= 4 is 0 Å². The molecule has 2 rings (SSSR count). The predicted molar refractivity (Wildman–Crippen MR) is 90.3 cm³/mol. The Kier molecular flexibility index (Phi) is 6.29. The molecule has 2 N–H and O–H groups in total. The van der Waals surface area contributed by atoms with Crippen LogP contribution in [0.15, 0.2) is 36.7 Å². The first-order valence-corrected chi connectivity index (χ1v) is 7.91. The van der Waals surface area contributed by atoms with Gasteiger partial charge in [0.25, 0.3) is 0 Å². The first kappa shape index (κ1) is 19.8. The smallest absolute Gasteiger partial charge is 0.424 e. The van der Waals surface area contributed by atoms with E-state index in [1.807, 2.05) is 0 Å². The maximum Gasteiger partial charge on any atom is 0.424 e. The van der Waals surface area contributed by atoms with Crippen LogP contribution in [-0.2, 0) is 19.2 Å². The van der Waals surface area contributed by atoms with E-state index >= 15 is 0 Å². The number of hydrogen-bond donors (Lipinski definition) is 2. The number of imidazole rings is 1. The zero-order valence-electron chi connectivity index (χ0n) is 14.3. The van der Waals surface area contributed by atoms with Crippen LogP contribution in [0.3, 0.4) is 0 Å². The molecule has 2 aromatic rings. The van der Waals surface area contributed by atoms with Gasteiger partial charge in [0.2, 0.25) is 5.60 Å². The zero-order chi connectivity index (χ0) is 19.2.